The third kappa shape index (κ3) is 2.73. The highest BCUT2D eigenvalue weighted by Crippen LogP contribution is 2.27. The number of fused-ring (bicyclic) bond motifs is 1. The van der Waals surface area contributed by atoms with Crippen LogP contribution in [0.15, 0.2) is 22.7 Å². The highest BCUT2D eigenvalue weighted by atomic mass is 79.9. The van der Waals surface area contributed by atoms with E-state index >= 15 is 0 Å². The lowest BCUT2D eigenvalue weighted by Crippen LogP contribution is -2.32. The molecule has 1 atom stereocenters. The second kappa shape index (κ2) is 4.99. The normalized spacial score (nSPS) is 19.5. The molecule has 2 nitrogen and oxygen atoms in total. The first-order valence-electron chi connectivity index (χ1n) is 5.52. The van der Waals surface area contributed by atoms with Gasteiger partial charge in [0.1, 0.15) is 0 Å². The number of hydrogen-bond donors (Lipinski definition) is 2. The van der Waals surface area contributed by atoms with E-state index in [-0.39, 0.29) is 0 Å². The third-order valence-corrected chi connectivity index (χ3v) is 3.34. The van der Waals surface area contributed by atoms with Gasteiger partial charge in [-0.1, -0.05) is 28.9 Å². The monoisotopic (exact) mass is 268 g/mol. The first-order valence-corrected chi connectivity index (χ1v) is 6.32. The van der Waals surface area contributed by atoms with Crippen molar-refractivity contribution in [2.75, 3.05) is 25.0 Å². The predicted molar refractivity (Wildman–Crippen MR) is 68.4 cm³/mol. The molecule has 2 N–H and O–H groups in total. The van der Waals surface area contributed by atoms with Gasteiger partial charge in [-0.25, -0.2) is 0 Å². The zero-order chi connectivity index (χ0) is 10.7. The Morgan fingerprint density at radius 1 is 1.53 bits per heavy atom. The summed E-state index contributed by atoms with van der Waals surface area (Å²) in [6.45, 7) is 5.40. The molecule has 0 radical (unpaired) electrons. The Hall–Kier alpha value is -0.540. The zero-order valence-corrected chi connectivity index (χ0v) is 10.6. The van der Waals surface area contributed by atoms with E-state index in [1.807, 2.05) is 0 Å². The van der Waals surface area contributed by atoms with Crippen LogP contribution < -0.4 is 10.6 Å². The van der Waals surface area contributed by atoms with Gasteiger partial charge in [0.15, 0.2) is 0 Å². The Morgan fingerprint density at radius 2 is 2.40 bits per heavy atom. The molecule has 0 fully saturated rings. The lowest BCUT2D eigenvalue weighted by molar-refractivity contribution is 0.492. The van der Waals surface area contributed by atoms with Crippen LogP contribution in [0.4, 0.5) is 5.69 Å². The quantitative estimate of drug-likeness (QED) is 0.881. The van der Waals surface area contributed by atoms with Crippen LogP contribution in [0.3, 0.4) is 0 Å². The van der Waals surface area contributed by atoms with Crippen molar-refractivity contribution >= 4 is 21.6 Å². The second-order valence-electron chi connectivity index (χ2n) is 4.06. The van der Waals surface area contributed by atoms with Crippen molar-refractivity contribution in [2.45, 2.75) is 13.3 Å². The molecule has 0 spiro atoms. The van der Waals surface area contributed by atoms with Crippen LogP contribution in [-0.4, -0.2) is 19.6 Å². The molecule has 1 aromatic rings. The number of hydrogen-bond acceptors (Lipinski definition) is 2. The van der Waals surface area contributed by atoms with Crippen LogP contribution in [0.1, 0.15) is 12.5 Å². The Morgan fingerprint density at radius 3 is 3.20 bits per heavy atom. The average molecular weight is 269 g/mol. The minimum atomic E-state index is 0.721. The zero-order valence-electron chi connectivity index (χ0n) is 9.02. The summed E-state index contributed by atoms with van der Waals surface area (Å²) < 4.78 is 1.15. The summed E-state index contributed by atoms with van der Waals surface area (Å²) >= 11 is 3.50. The predicted octanol–water partition coefficient (Wildman–Crippen LogP) is 2.64. The number of nitrogens with one attached hydrogen (secondary N) is 2. The first kappa shape index (κ1) is 11.0. The van der Waals surface area contributed by atoms with Crippen LogP contribution in [0.5, 0.6) is 0 Å². The summed E-state index contributed by atoms with van der Waals surface area (Å²) in [6, 6.07) is 6.50. The molecule has 0 saturated heterocycles. The molecule has 2 rings (SSSR count). The van der Waals surface area contributed by atoms with Gasteiger partial charge in [0.2, 0.25) is 0 Å². The van der Waals surface area contributed by atoms with Crippen molar-refractivity contribution in [1.82, 2.24) is 5.32 Å². The maximum absolute atomic E-state index is 3.50. The average Bonchev–Trinajstić information content (AvgIpc) is 2.26. The van der Waals surface area contributed by atoms with Crippen molar-refractivity contribution in [2.24, 2.45) is 5.92 Å². The van der Waals surface area contributed by atoms with E-state index in [9.17, 15) is 0 Å². The Labute approximate surface area is 99.6 Å². The maximum Gasteiger partial charge on any atom is 0.0384 e. The number of halogens is 1. The van der Waals surface area contributed by atoms with Gasteiger partial charge in [-0.15, -0.1) is 0 Å². The fourth-order valence-electron chi connectivity index (χ4n) is 2.02. The molecule has 0 aromatic heterocycles. The molecule has 82 valence electrons. The van der Waals surface area contributed by atoms with Gasteiger partial charge in [-0.3, -0.25) is 0 Å². The minimum Gasteiger partial charge on any atom is -0.384 e. The maximum atomic E-state index is 3.50. The smallest absolute Gasteiger partial charge is 0.0384 e. The SMILES string of the molecule is CCNCC1CNc2cc(Br)ccc2C1. The van der Waals surface area contributed by atoms with E-state index < -0.39 is 0 Å². The summed E-state index contributed by atoms with van der Waals surface area (Å²) in [6.07, 6.45) is 1.18. The molecule has 0 saturated carbocycles. The van der Waals surface area contributed by atoms with Gasteiger partial charge >= 0.3 is 0 Å². The fourth-order valence-corrected chi connectivity index (χ4v) is 2.38. The lowest BCUT2D eigenvalue weighted by atomic mass is 9.94. The molecule has 3 heteroatoms. The number of anilines is 1. The molecule has 15 heavy (non-hydrogen) atoms. The molecular formula is C12H17BrN2. The van der Waals surface area contributed by atoms with Crippen LogP contribution in [0, 0.1) is 5.92 Å². The lowest BCUT2D eigenvalue weighted by Gasteiger charge is -2.26. The summed E-state index contributed by atoms with van der Waals surface area (Å²) in [4.78, 5) is 0. The summed E-state index contributed by atoms with van der Waals surface area (Å²) in [5.74, 6) is 0.721. The van der Waals surface area contributed by atoms with Crippen molar-refractivity contribution in [1.29, 1.82) is 0 Å². The van der Waals surface area contributed by atoms with E-state index in [2.05, 4.69) is 51.7 Å². The van der Waals surface area contributed by atoms with E-state index in [0.717, 1.165) is 30.0 Å². The van der Waals surface area contributed by atoms with E-state index in [0.29, 0.717) is 0 Å². The fraction of sp³-hybridized carbons (Fsp3) is 0.500. The second-order valence-corrected chi connectivity index (χ2v) is 4.98. The summed E-state index contributed by atoms with van der Waals surface area (Å²) in [5, 5.41) is 6.90. The summed E-state index contributed by atoms with van der Waals surface area (Å²) in [7, 11) is 0. The van der Waals surface area contributed by atoms with Crippen LogP contribution in [-0.2, 0) is 6.42 Å². The highest BCUT2D eigenvalue weighted by Gasteiger charge is 2.17. The minimum absolute atomic E-state index is 0.721. The molecule has 1 heterocycles. The molecule has 1 aliphatic rings. The molecular weight excluding hydrogens is 252 g/mol. The van der Waals surface area contributed by atoms with Gasteiger partial charge < -0.3 is 10.6 Å². The van der Waals surface area contributed by atoms with Gasteiger partial charge in [-0.2, -0.15) is 0 Å². The van der Waals surface area contributed by atoms with Gasteiger partial charge in [0, 0.05) is 16.7 Å². The number of benzene rings is 1. The van der Waals surface area contributed by atoms with Crippen LogP contribution >= 0.6 is 15.9 Å². The van der Waals surface area contributed by atoms with E-state index in [4.69, 9.17) is 0 Å². The van der Waals surface area contributed by atoms with Crippen molar-refractivity contribution in [3.8, 4) is 0 Å². The number of rotatable bonds is 3. The molecule has 0 amide bonds. The standard InChI is InChI=1S/C12H17BrN2/c1-2-14-7-9-5-10-3-4-11(13)6-12(10)15-8-9/h3-4,6,9,14-15H,2,5,7-8H2,1H3. The van der Waals surface area contributed by atoms with Gasteiger partial charge in [-0.05, 0) is 43.1 Å². The topological polar surface area (TPSA) is 24.1 Å². The molecule has 1 aliphatic heterocycles. The van der Waals surface area contributed by atoms with Crippen molar-refractivity contribution in [3.63, 3.8) is 0 Å². The molecule has 1 aromatic carbocycles. The van der Waals surface area contributed by atoms with Crippen molar-refractivity contribution in [3.05, 3.63) is 28.2 Å². The molecule has 1 unspecified atom stereocenters. The highest BCUT2D eigenvalue weighted by molar-refractivity contribution is 9.10. The Bertz CT molecular complexity index is 338. The first-order chi connectivity index (χ1) is 7.29. The Balaban J connectivity index is 2.03. The molecule has 0 bridgehead atoms. The largest absolute Gasteiger partial charge is 0.384 e. The van der Waals surface area contributed by atoms with E-state index in [1.54, 1.807) is 0 Å². The summed E-state index contributed by atoms with van der Waals surface area (Å²) in [5.41, 5.74) is 2.73. The third-order valence-electron chi connectivity index (χ3n) is 2.84. The van der Waals surface area contributed by atoms with E-state index in [1.165, 1.54) is 17.7 Å². The van der Waals surface area contributed by atoms with Gasteiger partial charge in [0.25, 0.3) is 0 Å². The van der Waals surface area contributed by atoms with Crippen LogP contribution in [0.25, 0.3) is 0 Å². The van der Waals surface area contributed by atoms with Gasteiger partial charge in [0.05, 0.1) is 0 Å². The molecule has 0 aliphatic carbocycles. The van der Waals surface area contributed by atoms with Crippen molar-refractivity contribution < 1.29 is 0 Å². The Kier molecular flexibility index (Phi) is 3.65. The van der Waals surface area contributed by atoms with Crippen LogP contribution in [0.2, 0.25) is 0 Å².